The van der Waals surface area contributed by atoms with Crippen LogP contribution in [0, 0.1) is 0 Å². The molecule has 0 aliphatic heterocycles. The monoisotopic (exact) mass is 665 g/mol. The zero-order chi connectivity index (χ0) is 35.0. The normalized spacial score (nSPS) is 13.5. The molecule has 2 unspecified atom stereocenters. The van der Waals surface area contributed by atoms with Gasteiger partial charge in [0.15, 0.2) is 12.1 Å². The van der Waals surface area contributed by atoms with Gasteiger partial charge in [0, 0.05) is 19.3 Å². The van der Waals surface area contributed by atoms with E-state index in [1.54, 1.807) is 0 Å². The molecule has 0 saturated heterocycles. The molecule has 0 fully saturated rings. The van der Waals surface area contributed by atoms with Crippen molar-refractivity contribution in [2.75, 3.05) is 41.0 Å². The quantitative estimate of drug-likeness (QED) is 0.0331. The zero-order valence-corrected chi connectivity index (χ0v) is 30.7. The van der Waals surface area contributed by atoms with Gasteiger partial charge >= 0.3 is 17.9 Å². The molecular formula is C39H70NO7+. The lowest BCUT2D eigenvalue weighted by Gasteiger charge is -2.31. The molecule has 0 amide bonds. The fourth-order valence-electron chi connectivity index (χ4n) is 5.21. The van der Waals surface area contributed by atoms with E-state index in [0.717, 1.165) is 64.2 Å². The van der Waals surface area contributed by atoms with E-state index in [4.69, 9.17) is 14.2 Å². The number of likely N-dealkylation sites (N-methyl/N-ethyl adjacent to an activating group) is 1. The van der Waals surface area contributed by atoms with Gasteiger partial charge in [0.25, 0.3) is 0 Å². The number of nitrogens with zero attached hydrogens (tertiary/aromatic N) is 1. The molecule has 0 aromatic carbocycles. The number of allylic oxidation sites excluding steroid dienone is 6. The summed E-state index contributed by atoms with van der Waals surface area (Å²) in [5.74, 6) is -1.50. The van der Waals surface area contributed by atoms with E-state index in [9.17, 15) is 19.5 Å². The first-order chi connectivity index (χ1) is 22.6. The van der Waals surface area contributed by atoms with Crippen LogP contribution in [0.25, 0.3) is 0 Å². The Morgan fingerprint density at radius 1 is 0.660 bits per heavy atom. The van der Waals surface area contributed by atoms with Crippen molar-refractivity contribution in [2.24, 2.45) is 0 Å². The summed E-state index contributed by atoms with van der Waals surface area (Å²) >= 11 is 0. The highest BCUT2D eigenvalue weighted by Gasteiger charge is 2.31. The number of aliphatic carboxylic acids is 1. The largest absolute Gasteiger partial charge is 0.477 e. The summed E-state index contributed by atoms with van der Waals surface area (Å²) in [7, 11) is 5.50. The van der Waals surface area contributed by atoms with E-state index in [1.165, 1.54) is 44.9 Å². The molecule has 1 N–H and O–H groups in total. The average Bonchev–Trinajstić information content (AvgIpc) is 3.01. The van der Waals surface area contributed by atoms with E-state index < -0.39 is 18.1 Å². The molecule has 2 atom stereocenters. The van der Waals surface area contributed by atoms with E-state index in [0.29, 0.717) is 19.3 Å². The lowest BCUT2D eigenvalue weighted by molar-refractivity contribution is -0.887. The fourth-order valence-corrected chi connectivity index (χ4v) is 5.21. The zero-order valence-electron chi connectivity index (χ0n) is 30.7. The van der Waals surface area contributed by atoms with Crippen molar-refractivity contribution < 1.29 is 38.2 Å². The Balaban J connectivity index is 4.48. The van der Waals surface area contributed by atoms with Gasteiger partial charge in [-0.25, -0.2) is 4.79 Å². The Kier molecular flexibility index (Phi) is 29.2. The van der Waals surface area contributed by atoms with E-state index in [2.05, 4.69) is 38.2 Å². The molecule has 272 valence electrons. The Labute approximate surface area is 287 Å². The van der Waals surface area contributed by atoms with Crippen LogP contribution in [-0.4, -0.2) is 80.6 Å². The highest BCUT2D eigenvalue weighted by Crippen LogP contribution is 2.13. The summed E-state index contributed by atoms with van der Waals surface area (Å²) in [6.45, 7) is 4.55. The molecule has 8 heteroatoms. The van der Waals surface area contributed by atoms with Crippen LogP contribution in [0.3, 0.4) is 0 Å². The van der Waals surface area contributed by atoms with E-state index >= 15 is 0 Å². The fraction of sp³-hybridized carbons (Fsp3) is 0.769. The summed E-state index contributed by atoms with van der Waals surface area (Å²) in [6.07, 6.45) is 31.8. The number of ether oxygens (including phenoxy) is 3. The molecule has 0 aromatic rings. The van der Waals surface area contributed by atoms with Gasteiger partial charge in [-0.3, -0.25) is 9.59 Å². The Morgan fingerprint density at radius 3 is 1.74 bits per heavy atom. The van der Waals surface area contributed by atoms with Crippen molar-refractivity contribution in [3.63, 3.8) is 0 Å². The summed E-state index contributed by atoms with van der Waals surface area (Å²) in [5, 5.41) is 9.57. The first-order valence-corrected chi connectivity index (χ1v) is 18.6. The average molecular weight is 665 g/mol. The third kappa shape index (κ3) is 29.4. The molecule has 0 bridgehead atoms. The number of unbranched alkanes of at least 4 members (excludes halogenated alkanes) is 14. The molecule has 0 rings (SSSR count). The topological polar surface area (TPSA) is 99.1 Å². The lowest BCUT2D eigenvalue weighted by Crippen LogP contribution is -2.50. The Hall–Kier alpha value is -2.45. The van der Waals surface area contributed by atoms with Gasteiger partial charge in [-0.1, -0.05) is 127 Å². The number of hydrogen-bond acceptors (Lipinski definition) is 6. The number of esters is 2. The predicted molar refractivity (Wildman–Crippen MR) is 192 cm³/mol. The summed E-state index contributed by atoms with van der Waals surface area (Å²) < 4.78 is 17.1. The summed E-state index contributed by atoms with van der Waals surface area (Å²) in [4.78, 5) is 36.7. The maximum absolute atomic E-state index is 12.6. The molecule has 0 aromatic heterocycles. The first kappa shape index (κ1) is 44.5. The van der Waals surface area contributed by atoms with Crippen LogP contribution in [-0.2, 0) is 28.6 Å². The minimum absolute atomic E-state index is 0.0539. The molecule has 0 aliphatic rings. The maximum Gasteiger partial charge on any atom is 0.362 e. The van der Waals surface area contributed by atoms with Crippen molar-refractivity contribution in [1.82, 2.24) is 0 Å². The van der Waals surface area contributed by atoms with Crippen LogP contribution in [0.1, 0.15) is 142 Å². The highest BCUT2D eigenvalue weighted by molar-refractivity contribution is 5.72. The summed E-state index contributed by atoms with van der Waals surface area (Å²) in [6, 6.07) is -0.615. The Morgan fingerprint density at radius 2 is 1.19 bits per heavy atom. The van der Waals surface area contributed by atoms with Crippen molar-refractivity contribution in [2.45, 2.75) is 154 Å². The van der Waals surface area contributed by atoms with Gasteiger partial charge in [-0.05, 0) is 32.1 Å². The number of carboxylic acids is 1. The molecule has 0 radical (unpaired) electrons. The number of rotatable bonds is 32. The van der Waals surface area contributed by atoms with Crippen LogP contribution >= 0.6 is 0 Å². The van der Waals surface area contributed by atoms with Crippen LogP contribution < -0.4 is 0 Å². The highest BCUT2D eigenvalue weighted by atomic mass is 16.6. The molecular weight excluding hydrogens is 594 g/mol. The second kappa shape index (κ2) is 30.9. The van der Waals surface area contributed by atoms with Gasteiger partial charge in [0.05, 0.1) is 34.4 Å². The van der Waals surface area contributed by atoms with Gasteiger partial charge in [-0.15, -0.1) is 0 Å². The van der Waals surface area contributed by atoms with Gasteiger partial charge in [0.1, 0.15) is 6.61 Å². The van der Waals surface area contributed by atoms with Crippen LogP contribution in [0.15, 0.2) is 36.5 Å². The van der Waals surface area contributed by atoms with Gasteiger partial charge in [0.2, 0.25) is 0 Å². The molecule has 0 heterocycles. The molecule has 0 saturated carbocycles. The molecule has 0 spiro atoms. The van der Waals surface area contributed by atoms with Gasteiger partial charge < -0.3 is 23.8 Å². The maximum atomic E-state index is 12.6. The van der Waals surface area contributed by atoms with E-state index in [-0.39, 0.29) is 36.2 Å². The Bertz CT molecular complexity index is 875. The van der Waals surface area contributed by atoms with Crippen molar-refractivity contribution in [1.29, 1.82) is 0 Å². The first-order valence-electron chi connectivity index (χ1n) is 18.6. The van der Waals surface area contributed by atoms with Crippen LogP contribution in [0.2, 0.25) is 0 Å². The van der Waals surface area contributed by atoms with Gasteiger partial charge in [-0.2, -0.15) is 0 Å². The number of carbonyl (C=O) groups is 3. The van der Waals surface area contributed by atoms with Crippen molar-refractivity contribution >= 4 is 17.9 Å². The van der Waals surface area contributed by atoms with E-state index in [1.807, 2.05) is 33.3 Å². The van der Waals surface area contributed by atoms with Crippen LogP contribution in [0.4, 0.5) is 0 Å². The molecule has 8 nitrogen and oxygen atoms in total. The van der Waals surface area contributed by atoms with Crippen molar-refractivity contribution in [3.8, 4) is 0 Å². The third-order valence-electron chi connectivity index (χ3n) is 8.12. The van der Waals surface area contributed by atoms with Crippen molar-refractivity contribution in [3.05, 3.63) is 36.5 Å². The SMILES string of the molecule is CC/C=C/C=C/C=C/CCCCCCCC(=O)OC(COCCC(C(=O)O)[N+](C)(C)C)COC(=O)CCCCCCCCCCCC. The van der Waals surface area contributed by atoms with Crippen LogP contribution in [0.5, 0.6) is 0 Å². The minimum Gasteiger partial charge on any atom is -0.477 e. The number of carboxylic acid groups (broad SMARTS) is 1. The third-order valence-corrected chi connectivity index (χ3v) is 8.12. The second-order valence-corrected chi connectivity index (χ2v) is 13.5. The standard InChI is InChI=1S/C39H69NO7/c1-6-8-10-12-14-16-18-19-20-22-24-26-28-30-38(42)47-35(33-45-32-31-36(39(43)44)40(3,4)5)34-46-37(41)29-27-25-23-21-17-15-13-11-9-7-2/h8,10,12,14,16,18,35-36H,6-7,9,11,13,15,17,19-34H2,1-5H3/p+1/b10-8+,14-12+,18-16+. The smallest absolute Gasteiger partial charge is 0.362 e. The predicted octanol–water partition coefficient (Wildman–Crippen LogP) is 9.13. The second-order valence-electron chi connectivity index (χ2n) is 13.5. The lowest BCUT2D eigenvalue weighted by atomic mass is 10.1. The molecule has 47 heavy (non-hydrogen) atoms. The number of hydrogen-bond donors (Lipinski definition) is 1. The number of carbonyl (C=O) groups excluding carboxylic acids is 2. The summed E-state index contributed by atoms with van der Waals surface area (Å²) in [5.41, 5.74) is 0. The molecule has 0 aliphatic carbocycles. The minimum atomic E-state index is -0.880. The number of quaternary nitrogens is 1.